The number of ether oxygens (including phenoxy) is 1. The minimum atomic E-state index is -0.403. The topological polar surface area (TPSA) is 55.4 Å². The van der Waals surface area contributed by atoms with Gasteiger partial charge in [0, 0.05) is 0 Å². The van der Waals surface area contributed by atoms with E-state index >= 15 is 0 Å². The summed E-state index contributed by atoms with van der Waals surface area (Å²) in [5.74, 6) is -0.0558. The van der Waals surface area contributed by atoms with Crippen LogP contribution >= 0.6 is 23.2 Å². The first-order valence-corrected chi connectivity index (χ1v) is 6.78. The van der Waals surface area contributed by atoms with Gasteiger partial charge >= 0.3 is 0 Å². The van der Waals surface area contributed by atoms with E-state index in [0.29, 0.717) is 28.3 Å². The van der Waals surface area contributed by atoms with Gasteiger partial charge in [-0.15, -0.1) is 0 Å². The summed E-state index contributed by atoms with van der Waals surface area (Å²) in [4.78, 5) is 22.7. The fraction of sp³-hybridized carbons (Fsp3) is 0.0667. The summed E-state index contributed by atoms with van der Waals surface area (Å²) < 4.78 is 5.31. The van der Waals surface area contributed by atoms with Crippen molar-refractivity contribution in [1.29, 1.82) is 0 Å². The minimum absolute atomic E-state index is 0.242. The molecular formula is C15H11Cl2NO3. The number of hydrogen-bond donors (Lipinski definition) is 1. The molecular weight excluding hydrogens is 313 g/mol. The number of aldehydes is 1. The van der Waals surface area contributed by atoms with Gasteiger partial charge in [-0.2, -0.15) is 0 Å². The zero-order valence-electron chi connectivity index (χ0n) is 10.8. The molecule has 0 fully saturated rings. The molecule has 0 aliphatic heterocycles. The average Bonchev–Trinajstić information content (AvgIpc) is 2.50. The number of amides is 1. The molecule has 0 heterocycles. The zero-order chi connectivity index (χ0) is 15.2. The largest absolute Gasteiger partial charge is 0.483 e. The normalized spacial score (nSPS) is 10.0. The predicted molar refractivity (Wildman–Crippen MR) is 82.4 cm³/mol. The maximum atomic E-state index is 11.8. The first-order valence-electron chi connectivity index (χ1n) is 6.02. The third-order valence-electron chi connectivity index (χ3n) is 2.63. The Kier molecular flexibility index (Phi) is 5.20. The third kappa shape index (κ3) is 3.97. The summed E-state index contributed by atoms with van der Waals surface area (Å²) in [6.07, 6.45) is 0.668. The lowest BCUT2D eigenvalue weighted by atomic mass is 10.2. The van der Waals surface area contributed by atoms with E-state index in [9.17, 15) is 9.59 Å². The quantitative estimate of drug-likeness (QED) is 0.851. The second kappa shape index (κ2) is 7.11. The molecule has 0 aliphatic rings. The Hall–Kier alpha value is -2.04. The van der Waals surface area contributed by atoms with Gasteiger partial charge in [0.2, 0.25) is 0 Å². The number of benzene rings is 2. The summed E-state index contributed by atoms with van der Waals surface area (Å²) >= 11 is 11.8. The number of para-hydroxylation sites is 1. The maximum Gasteiger partial charge on any atom is 0.262 e. The van der Waals surface area contributed by atoms with E-state index < -0.39 is 5.91 Å². The highest BCUT2D eigenvalue weighted by Gasteiger charge is 2.10. The highest BCUT2D eigenvalue weighted by atomic mass is 35.5. The van der Waals surface area contributed by atoms with Gasteiger partial charge in [-0.25, -0.2) is 0 Å². The summed E-state index contributed by atoms with van der Waals surface area (Å²) in [6.45, 7) is -0.242. The van der Waals surface area contributed by atoms with Crippen molar-refractivity contribution in [2.45, 2.75) is 0 Å². The molecule has 21 heavy (non-hydrogen) atoms. The van der Waals surface area contributed by atoms with E-state index in [1.807, 2.05) is 0 Å². The first kappa shape index (κ1) is 15.4. The van der Waals surface area contributed by atoms with Crippen molar-refractivity contribution < 1.29 is 14.3 Å². The van der Waals surface area contributed by atoms with E-state index in [4.69, 9.17) is 27.9 Å². The van der Waals surface area contributed by atoms with Crippen LogP contribution in [0.2, 0.25) is 10.0 Å². The zero-order valence-corrected chi connectivity index (χ0v) is 12.3. The molecule has 0 aromatic heterocycles. The molecule has 0 radical (unpaired) electrons. The first-order chi connectivity index (χ1) is 10.1. The van der Waals surface area contributed by atoms with Crippen LogP contribution < -0.4 is 10.1 Å². The van der Waals surface area contributed by atoms with Gasteiger partial charge in [-0.05, 0) is 24.3 Å². The number of halogens is 2. The summed E-state index contributed by atoms with van der Waals surface area (Å²) in [5.41, 5.74) is 0.785. The fourth-order valence-electron chi connectivity index (χ4n) is 1.64. The van der Waals surface area contributed by atoms with Gasteiger partial charge in [0.05, 0.1) is 21.3 Å². The smallest absolute Gasteiger partial charge is 0.262 e. The summed E-state index contributed by atoms with van der Waals surface area (Å²) in [5, 5.41) is 3.20. The van der Waals surface area contributed by atoms with E-state index in [1.54, 1.807) is 42.5 Å². The van der Waals surface area contributed by atoms with Crippen LogP contribution in [0.5, 0.6) is 5.75 Å². The molecule has 1 amide bonds. The summed E-state index contributed by atoms with van der Waals surface area (Å²) in [6, 6.07) is 11.6. The SMILES string of the molecule is O=Cc1ccccc1OCC(=O)Nc1cccc(Cl)c1Cl. The van der Waals surface area contributed by atoms with Gasteiger partial charge in [0.15, 0.2) is 12.9 Å². The second-order valence-corrected chi connectivity index (χ2v) is 4.88. The van der Waals surface area contributed by atoms with Gasteiger partial charge in [0.25, 0.3) is 5.91 Å². The highest BCUT2D eigenvalue weighted by Crippen LogP contribution is 2.29. The molecule has 0 atom stereocenters. The van der Waals surface area contributed by atoms with Crippen molar-refractivity contribution in [2.24, 2.45) is 0 Å². The molecule has 2 aromatic carbocycles. The molecule has 0 bridgehead atoms. The molecule has 6 heteroatoms. The Morgan fingerprint density at radius 1 is 1.14 bits per heavy atom. The number of hydrogen-bond acceptors (Lipinski definition) is 3. The molecule has 0 spiro atoms. The number of carbonyl (C=O) groups is 2. The Bertz CT molecular complexity index is 674. The van der Waals surface area contributed by atoms with Crippen LogP contribution in [0.15, 0.2) is 42.5 Å². The Balaban J connectivity index is 1.99. The predicted octanol–water partition coefficient (Wildman–Crippen LogP) is 3.82. The molecule has 1 N–H and O–H groups in total. The van der Waals surface area contributed by atoms with Crippen LogP contribution in [0, 0.1) is 0 Å². The molecule has 108 valence electrons. The lowest BCUT2D eigenvalue weighted by molar-refractivity contribution is -0.118. The maximum absolute atomic E-state index is 11.8. The fourth-order valence-corrected chi connectivity index (χ4v) is 1.99. The lowest BCUT2D eigenvalue weighted by Gasteiger charge is -2.10. The Morgan fingerprint density at radius 3 is 2.67 bits per heavy atom. The Morgan fingerprint density at radius 2 is 1.90 bits per heavy atom. The highest BCUT2D eigenvalue weighted by molar-refractivity contribution is 6.43. The van der Waals surface area contributed by atoms with Crippen molar-refractivity contribution in [3.8, 4) is 5.75 Å². The summed E-state index contributed by atoms with van der Waals surface area (Å²) in [7, 11) is 0. The van der Waals surface area contributed by atoms with Crippen molar-refractivity contribution in [3.63, 3.8) is 0 Å². The molecule has 0 unspecified atom stereocenters. The van der Waals surface area contributed by atoms with E-state index in [0.717, 1.165) is 0 Å². The second-order valence-electron chi connectivity index (χ2n) is 4.09. The van der Waals surface area contributed by atoms with Crippen LogP contribution in [0.1, 0.15) is 10.4 Å². The van der Waals surface area contributed by atoms with Crippen LogP contribution in [0.3, 0.4) is 0 Å². The number of anilines is 1. The van der Waals surface area contributed by atoms with Crippen LogP contribution in [-0.4, -0.2) is 18.8 Å². The lowest BCUT2D eigenvalue weighted by Crippen LogP contribution is -2.20. The molecule has 2 rings (SSSR count). The van der Waals surface area contributed by atoms with E-state index in [1.165, 1.54) is 0 Å². The monoisotopic (exact) mass is 323 g/mol. The van der Waals surface area contributed by atoms with Crippen molar-refractivity contribution in [3.05, 3.63) is 58.1 Å². The number of rotatable bonds is 5. The van der Waals surface area contributed by atoms with Crippen molar-refractivity contribution in [2.75, 3.05) is 11.9 Å². The van der Waals surface area contributed by atoms with Crippen LogP contribution in [0.25, 0.3) is 0 Å². The van der Waals surface area contributed by atoms with Gasteiger partial charge in [-0.3, -0.25) is 9.59 Å². The van der Waals surface area contributed by atoms with Crippen molar-refractivity contribution >= 4 is 41.1 Å². The molecule has 0 aliphatic carbocycles. The van der Waals surface area contributed by atoms with Crippen molar-refractivity contribution in [1.82, 2.24) is 0 Å². The minimum Gasteiger partial charge on any atom is -0.483 e. The molecule has 0 saturated heterocycles. The van der Waals surface area contributed by atoms with Crippen LogP contribution in [0.4, 0.5) is 5.69 Å². The van der Waals surface area contributed by atoms with E-state index in [2.05, 4.69) is 5.32 Å². The van der Waals surface area contributed by atoms with Gasteiger partial charge in [-0.1, -0.05) is 41.4 Å². The third-order valence-corrected chi connectivity index (χ3v) is 3.45. The standard InChI is InChI=1S/C15H11Cl2NO3/c16-11-5-3-6-12(15(11)17)18-14(20)9-21-13-7-2-1-4-10(13)8-19/h1-8H,9H2,(H,18,20). The molecule has 0 saturated carbocycles. The molecule has 2 aromatic rings. The van der Waals surface area contributed by atoms with E-state index in [-0.39, 0.29) is 11.6 Å². The number of carbonyl (C=O) groups excluding carboxylic acids is 2. The molecule has 4 nitrogen and oxygen atoms in total. The van der Waals surface area contributed by atoms with Crippen LogP contribution in [-0.2, 0) is 4.79 Å². The Labute approximate surface area is 131 Å². The van der Waals surface area contributed by atoms with Gasteiger partial charge in [0.1, 0.15) is 5.75 Å². The van der Waals surface area contributed by atoms with Gasteiger partial charge < -0.3 is 10.1 Å². The number of nitrogens with one attached hydrogen (secondary N) is 1. The average molecular weight is 324 g/mol.